The molecule has 0 unspecified atom stereocenters. The SMILES string of the molecule is COC(=O)c1ccc(NC(=O)COc2c3cc(C)ccc3c(O)n2Cc2ccccc2)nc1. The Morgan fingerprint density at radius 1 is 1.06 bits per heavy atom. The minimum atomic E-state index is -0.509. The Morgan fingerprint density at radius 3 is 2.55 bits per heavy atom. The number of carbonyl (C=O) groups excluding carboxylic acids is 2. The van der Waals surface area contributed by atoms with E-state index in [1.165, 1.54) is 25.4 Å². The summed E-state index contributed by atoms with van der Waals surface area (Å²) in [5.41, 5.74) is 2.26. The number of carbonyl (C=O) groups is 2. The molecule has 2 N–H and O–H groups in total. The van der Waals surface area contributed by atoms with Crippen molar-refractivity contribution >= 4 is 28.5 Å². The van der Waals surface area contributed by atoms with Gasteiger partial charge in [-0.3, -0.25) is 9.36 Å². The number of ether oxygens (including phenoxy) is 2. The lowest BCUT2D eigenvalue weighted by molar-refractivity contribution is -0.118. The summed E-state index contributed by atoms with van der Waals surface area (Å²) in [5, 5.41) is 14.8. The summed E-state index contributed by atoms with van der Waals surface area (Å²) in [6, 6.07) is 18.4. The lowest BCUT2D eigenvalue weighted by Gasteiger charge is -2.12. The molecule has 8 nitrogen and oxygen atoms in total. The van der Waals surface area contributed by atoms with Crippen molar-refractivity contribution in [3.8, 4) is 11.8 Å². The number of benzene rings is 2. The zero-order valence-electron chi connectivity index (χ0n) is 18.2. The number of pyridine rings is 1. The number of hydrogen-bond donors (Lipinski definition) is 2. The van der Waals surface area contributed by atoms with Gasteiger partial charge in [0.1, 0.15) is 5.82 Å². The fraction of sp³-hybridized carbons (Fsp3) is 0.160. The van der Waals surface area contributed by atoms with E-state index >= 15 is 0 Å². The topological polar surface area (TPSA) is 103 Å². The van der Waals surface area contributed by atoms with Gasteiger partial charge >= 0.3 is 5.97 Å². The van der Waals surface area contributed by atoms with Gasteiger partial charge in [0.25, 0.3) is 5.91 Å². The quantitative estimate of drug-likeness (QED) is 0.418. The maximum atomic E-state index is 12.5. The Hall–Kier alpha value is -4.33. The van der Waals surface area contributed by atoms with Crippen molar-refractivity contribution in [1.82, 2.24) is 9.55 Å². The molecule has 0 aliphatic carbocycles. The molecular weight excluding hydrogens is 422 g/mol. The molecule has 0 atom stereocenters. The van der Waals surface area contributed by atoms with Crippen molar-refractivity contribution in [2.75, 3.05) is 19.0 Å². The number of fused-ring (bicyclic) bond motifs is 1. The van der Waals surface area contributed by atoms with Gasteiger partial charge < -0.3 is 19.9 Å². The molecule has 2 heterocycles. The summed E-state index contributed by atoms with van der Waals surface area (Å²) in [5.74, 6) is -0.186. The molecule has 0 spiro atoms. The largest absolute Gasteiger partial charge is 0.494 e. The normalized spacial score (nSPS) is 10.7. The van der Waals surface area contributed by atoms with E-state index in [9.17, 15) is 14.7 Å². The van der Waals surface area contributed by atoms with E-state index in [1.807, 2.05) is 55.5 Å². The summed E-state index contributed by atoms with van der Waals surface area (Å²) in [6.07, 6.45) is 1.32. The molecule has 0 aliphatic heterocycles. The lowest BCUT2D eigenvalue weighted by Crippen LogP contribution is -2.22. The van der Waals surface area contributed by atoms with E-state index in [0.717, 1.165) is 16.5 Å². The maximum Gasteiger partial charge on any atom is 0.339 e. The maximum absolute atomic E-state index is 12.5. The summed E-state index contributed by atoms with van der Waals surface area (Å²) in [7, 11) is 1.28. The molecule has 4 aromatic rings. The van der Waals surface area contributed by atoms with Crippen molar-refractivity contribution in [3.05, 3.63) is 83.6 Å². The first kappa shape index (κ1) is 21.9. The molecule has 2 aromatic carbocycles. The van der Waals surface area contributed by atoms with Crippen LogP contribution in [0.5, 0.6) is 11.8 Å². The number of hydrogen-bond acceptors (Lipinski definition) is 6. The van der Waals surface area contributed by atoms with Crippen LogP contribution in [0.1, 0.15) is 21.5 Å². The average molecular weight is 445 g/mol. The molecule has 0 radical (unpaired) electrons. The second-order valence-corrected chi connectivity index (χ2v) is 7.51. The Kier molecular flexibility index (Phi) is 6.26. The highest BCUT2D eigenvalue weighted by molar-refractivity contribution is 5.95. The van der Waals surface area contributed by atoms with E-state index in [1.54, 1.807) is 4.57 Å². The van der Waals surface area contributed by atoms with Crippen LogP contribution in [0.3, 0.4) is 0 Å². The molecule has 4 rings (SSSR count). The first-order chi connectivity index (χ1) is 16.0. The molecule has 2 aromatic heterocycles. The Morgan fingerprint density at radius 2 is 1.85 bits per heavy atom. The lowest BCUT2D eigenvalue weighted by atomic mass is 10.1. The summed E-state index contributed by atoms with van der Waals surface area (Å²) in [6.45, 7) is 2.04. The third kappa shape index (κ3) is 4.79. The zero-order valence-corrected chi connectivity index (χ0v) is 18.2. The summed E-state index contributed by atoms with van der Waals surface area (Å²) >= 11 is 0. The van der Waals surface area contributed by atoms with Crippen LogP contribution in [0.4, 0.5) is 5.82 Å². The van der Waals surface area contributed by atoms with Gasteiger partial charge in [-0.25, -0.2) is 9.78 Å². The van der Waals surface area contributed by atoms with Gasteiger partial charge in [0, 0.05) is 17.0 Å². The van der Waals surface area contributed by atoms with Crippen LogP contribution in [0.25, 0.3) is 10.8 Å². The highest BCUT2D eigenvalue weighted by Crippen LogP contribution is 2.38. The number of nitrogens with one attached hydrogen (secondary N) is 1. The third-order valence-electron chi connectivity index (χ3n) is 5.12. The van der Waals surface area contributed by atoms with Crippen LogP contribution in [-0.2, 0) is 16.1 Å². The second-order valence-electron chi connectivity index (χ2n) is 7.51. The van der Waals surface area contributed by atoms with Crippen molar-refractivity contribution in [3.63, 3.8) is 0 Å². The first-order valence-electron chi connectivity index (χ1n) is 10.3. The predicted octanol–water partition coefficient (Wildman–Crippen LogP) is 3.90. The van der Waals surface area contributed by atoms with Crippen LogP contribution in [0, 0.1) is 6.92 Å². The number of nitrogens with zero attached hydrogens (tertiary/aromatic N) is 2. The molecule has 1 amide bonds. The van der Waals surface area contributed by atoms with Crippen LogP contribution in [0.15, 0.2) is 66.9 Å². The smallest absolute Gasteiger partial charge is 0.339 e. The van der Waals surface area contributed by atoms with Crippen molar-refractivity contribution in [1.29, 1.82) is 0 Å². The highest BCUT2D eigenvalue weighted by atomic mass is 16.5. The molecule has 0 aliphatic rings. The Labute approximate surface area is 190 Å². The molecule has 0 fully saturated rings. The van der Waals surface area contributed by atoms with E-state index in [-0.39, 0.29) is 23.9 Å². The minimum absolute atomic E-state index is 0.0735. The number of amides is 1. The summed E-state index contributed by atoms with van der Waals surface area (Å²) in [4.78, 5) is 28.1. The number of methoxy groups -OCH3 is 1. The monoisotopic (exact) mass is 445 g/mol. The molecule has 0 bridgehead atoms. The number of esters is 1. The molecule has 8 heteroatoms. The fourth-order valence-corrected chi connectivity index (χ4v) is 3.50. The van der Waals surface area contributed by atoms with Crippen molar-refractivity contribution < 1.29 is 24.2 Å². The van der Waals surface area contributed by atoms with Crippen molar-refractivity contribution in [2.24, 2.45) is 0 Å². The minimum Gasteiger partial charge on any atom is -0.494 e. The summed E-state index contributed by atoms with van der Waals surface area (Å²) < 4.78 is 12.2. The van der Waals surface area contributed by atoms with Gasteiger partial charge in [0.15, 0.2) is 6.61 Å². The van der Waals surface area contributed by atoms with Gasteiger partial charge in [0.05, 0.1) is 19.2 Å². The van der Waals surface area contributed by atoms with Gasteiger partial charge in [-0.1, -0.05) is 42.0 Å². The van der Waals surface area contributed by atoms with Crippen LogP contribution in [0.2, 0.25) is 0 Å². The van der Waals surface area contributed by atoms with Gasteiger partial charge in [-0.2, -0.15) is 0 Å². The van der Waals surface area contributed by atoms with E-state index in [4.69, 9.17) is 4.74 Å². The van der Waals surface area contributed by atoms with E-state index in [2.05, 4.69) is 15.0 Å². The number of rotatable bonds is 7. The van der Waals surface area contributed by atoms with Gasteiger partial charge in [-0.05, 0) is 36.8 Å². The van der Waals surface area contributed by atoms with Crippen LogP contribution >= 0.6 is 0 Å². The predicted molar refractivity (Wildman–Crippen MR) is 124 cm³/mol. The number of aromatic hydroxyl groups is 1. The molecule has 0 saturated heterocycles. The van der Waals surface area contributed by atoms with E-state index < -0.39 is 11.9 Å². The van der Waals surface area contributed by atoms with Crippen molar-refractivity contribution in [2.45, 2.75) is 13.5 Å². The molecule has 168 valence electrons. The highest BCUT2D eigenvalue weighted by Gasteiger charge is 2.19. The Bertz CT molecular complexity index is 1300. The first-order valence-corrected chi connectivity index (χ1v) is 10.3. The molecule has 0 saturated carbocycles. The van der Waals surface area contributed by atoms with Crippen LogP contribution in [-0.4, -0.2) is 40.3 Å². The number of aromatic nitrogens is 2. The average Bonchev–Trinajstić information content (AvgIpc) is 3.08. The fourth-order valence-electron chi connectivity index (χ4n) is 3.50. The molecular formula is C25H23N3O5. The zero-order chi connectivity index (χ0) is 23.4. The van der Waals surface area contributed by atoms with Gasteiger partial charge in [-0.15, -0.1) is 0 Å². The standard InChI is InChI=1S/C25H23N3O5/c1-16-8-10-19-20(12-16)24(28(23(19)30)14-17-6-4-3-5-7-17)33-15-22(29)27-21-11-9-18(13-26-21)25(31)32-2/h3-13,30H,14-15H2,1-2H3,(H,26,27,29). The third-order valence-corrected chi connectivity index (χ3v) is 5.12. The number of aryl methyl sites for hydroxylation is 1. The van der Waals surface area contributed by atoms with Crippen LogP contribution < -0.4 is 10.1 Å². The van der Waals surface area contributed by atoms with E-state index in [0.29, 0.717) is 17.8 Å². The molecule has 33 heavy (non-hydrogen) atoms. The number of anilines is 1. The second kappa shape index (κ2) is 9.44. The van der Waals surface area contributed by atoms with Gasteiger partial charge in [0.2, 0.25) is 11.8 Å². The Balaban J connectivity index is 1.54.